The Morgan fingerprint density at radius 2 is 1.94 bits per heavy atom. The molecule has 0 fully saturated rings. The first kappa shape index (κ1) is 23.7. The number of nitrogens with zero attached hydrogens (tertiary/aromatic N) is 2. The van der Waals surface area contributed by atoms with Crippen LogP contribution in [0.4, 0.5) is 10.1 Å². The molecule has 2 N–H and O–H groups in total. The third kappa shape index (κ3) is 5.06. The van der Waals surface area contributed by atoms with Gasteiger partial charge in [-0.1, -0.05) is 59.9 Å². The topological polar surface area (TPSA) is 58.6 Å². The average molecular weight is 501 g/mol. The van der Waals surface area contributed by atoms with Gasteiger partial charge in [-0.15, -0.1) is 0 Å². The van der Waals surface area contributed by atoms with Crippen molar-refractivity contribution in [3.8, 4) is 0 Å². The van der Waals surface area contributed by atoms with E-state index in [1.807, 2.05) is 54.8 Å². The summed E-state index contributed by atoms with van der Waals surface area (Å²) in [5.74, 6) is -0.336. The lowest BCUT2D eigenvalue weighted by Crippen LogP contribution is -2.21. The van der Waals surface area contributed by atoms with E-state index in [4.69, 9.17) is 10.5 Å². The summed E-state index contributed by atoms with van der Waals surface area (Å²) in [7, 11) is 1.80. The number of nitrogens with two attached hydrogens (primary N) is 1. The number of benzene rings is 2. The average Bonchev–Trinajstić information content (AvgIpc) is 3.54. The number of anilines is 1. The molecule has 3 aliphatic rings. The van der Waals surface area contributed by atoms with Crippen LogP contribution in [0.5, 0.6) is 0 Å². The third-order valence-corrected chi connectivity index (χ3v) is 8.13. The second-order valence-corrected chi connectivity index (χ2v) is 10.0. The van der Waals surface area contributed by atoms with Gasteiger partial charge in [0.05, 0.1) is 18.0 Å². The van der Waals surface area contributed by atoms with Crippen LogP contribution in [0.2, 0.25) is 0 Å². The zero-order valence-corrected chi connectivity index (χ0v) is 20.6. The van der Waals surface area contributed by atoms with Gasteiger partial charge in [0.1, 0.15) is 10.8 Å². The normalized spacial score (nSPS) is 20.3. The number of para-hydroxylation sites is 1. The van der Waals surface area contributed by atoms with E-state index < -0.39 is 0 Å². The second-order valence-electron chi connectivity index (χ2n) is 7.03. The Morgan fingerprint density at radius 1 is 1.15 bits per heavy atom. The van der Waals surface area contributed by atoms with Crippen LogP contribution in [0.1, 0.15) is 12.5 Å². The molecular formula is C24H23FN3O2S3+. The maximum Gasteiger partial charge on any atom is 0.430 e. The van der Waals surface area contributed by atoms with E-state index in [0.29, 0.717) is 23.7 Å². The van der Waals surface area contributed by atoms with Gasteiger partial charge in [0, 0.05) is 23.9 Å². The van der Waals surface area contributed by atoms with Gasteiger partial charge in [0.2, 0.25) is 0 Å². The summed E-state index contributed by atoms with van der Waals surface area (Å²) in [4.78, 5) is 16.1. The largest absolute Gasteiger partial charge is 0.457 e. The van der Waals surface area contributed by atoms with Crippen LogP contribution in [0.25, 0.3) is 0 Å². The smallest absolute Gasteiger partial charge is 0.430 e. The minimum absolute atomic E-state index is 0.0575. The fourth-order valence-corrected chi connectivity index (χ4v) is 6.42. The minimum atomic E-state index is -0.279. The molecule has 2 aromatic carbocycles. The summed E-state index contributed by atoms with van der Waals surface area (Å²) in [5.41, 5.74) is 7.06. The Kier molecular flexibility index (Phi) is 7.64. The number of amides is 1. The van der Waals surface area contributed by atoms with Gasteiger partial charge in [0.15, 0.2) is 16.5 Å². The molecule has 9 heteroatoms. The zero-order valence-electron chi connectivity index (χ0n) is 18.2. The Bertz CT molecular complexity index is 1180. The lowest BCUT2D eigenvalue weighted by molar-refractivity contribution is -0.435. The summed E-state index contributed by atoms with van der Waals surface area (Å²) < 4.78 is 21.3. The first-order valence-corrected chi connectivity index (χ1v) is 12.8. The second kappa shape index (κ2) is 10.6. The van der Waals surface area contributed by atoms with E-state index in [9.17, 15) is 9.18 Å². The molecule has 0 spiro atoms. The number of carbonyl (C=O) groups excluding carboxylic acids is 1. The number of hydrogen-bond donors (Lipinski definition) is 1. The molecule has 3 aliphatic heterocycles. The highest BCUT2D eigenvalue weighted by Crippen LogP contribution is 2.50. The summed E-state index contributed by atoms with van der Waals surface area (Å²) in [6, 6.07) is 15.0. The Balaban J connectivity index is 0.000000275. The number of halogens is 1. The van der Waals surface area contributed by atoms with Gasteiger partial charge in [-0.05, 0) is 36.4 Å². The molecule has 33 heavy (non-hydrogen) atoms. The molecule has 0 radical (unpaired) electrons. The van der Waals surface area contributed by atoms with Crippen LogP contribution >= 0.6 is 35.3 Å². The van der Waals surface area contributed by atoms with E-state index >= 15 is 0 Å². The standard InChI is InChI=1S/C17H14FN2O2S3.C7H9N/c1-3-20-12(9-13-22-7-8-23-13)25-15(16(20)21)17-19(2)14-10(18)5-4-6-11(14)24-17;8-6-7-4-2-1-3-5-7/h4-9H,3H2,1-2H3;1-5H,6,8H2/q+1;/b13-9-,17-15+;. The molecule has 5 rings (SSSR count). The summed E-state index contributed by atoms with van der Waals surface area (Å²) >= 11 is 4.31. The quantitative estimate of drug-likeness (QED) is 0.443. The fourth-order valence-electron chi connectivity index (χ4n) is 3.34. The lowest BCUT2D eigenvalue weighted by Gasteiger charge is -2.14. The van der Waals surface area contributed by atoms with Crippen molar-refractivity contribution in [1.29, 1.82) is 0 Å². The van der Waals surface area contributed by atoms with Gasteiger partial charge in [-0.3, -0.25) is 0 Å². The number of fused-ring (bicyclic) bond motifs is 1. The number of carbonyl (C=O) groups is 1. The van der Waals surface area contributed by atoms with Gasteiger partial charge in [-0.2, -0.15) is 4.58 Å². The van der Waals surface area contributed by atoms with Gasteiger partial charge in [-0.25, -0.2) is 9.18 Å². The van der Waals surface area contributed by atoms with Crippen molar-refractivity contribution in [2.45, 2.75) is 18.4 Å². The van der Waals surface area contributed by atoms with E-state index in [-0.39, 0.29) is 11.7 Å². The number of likely N-dealkylation sites (N-methyl/N-ethyl adjacent to an activating group) is 1. The van der Waals surface area contributed by atoms with E-state index in [2.05, 4.69) is 0 Å². The van der Waals surface area contributed by atoms with E-state index in [0.717, 1.165) is 20.1 Å². The lowest BCUT2D eigenvalue weighted by atomic mass is 10.2. The maximum atomic E-state index is 14.2. The molecule has 3 heterocycles. The molecule has 5 nitrogen and oxygen atoms in total. The molecule has 0 aromatic heterocycles. The summed E-state index contributed by atoms with van der Waals surface area (Å²) in [6.07, 6.45) is 3.49. The summed E-state index contributed by atoms with van der Waals surface area (Å²) in [6.45, 7) is 3.14. The molecule has 0 atom stereocenters. The van der Waals surface area contributed by atoms with Crippen LogP contribution in [0.15, 0.2) is 86.2 Å². The molecule has 0 saturated carbocycles. The number of hydrogen-bond acceptors (Lipinski definition) is 7. The molecule has 0 bridgehead atoms. The van der Waals surface area contributed by atoms with Crippen molar-refractivity contribution >= 4 is 51.9 Å². The predicted molar refractivity (Wildman–Crippen MR) is 136 cm³/mol. The maximum absolute atomic E-state index is 14.2. The minimum Gasteiger partial charge on any atom is -0.457 e. The molecule has 170 valence electrons. The Labute approximate surface area is 205 Å². The van der Waals surface area contributed by atoms with Crippen molar-refractivity contribution in [2.75, 3.05) is 18.5 Å². The monoisotopic (exact) mass is 500 g/mol. The van der Waals surface area contributed by atoms with Crippen molar-refractivity contribution < 1.29 is 18.5 Å². The highest BCUT2D eigenvalue weighted by molar-refractivity contribution is 8.19. The number of ether oxygens (including phenoxy) is 1. The van der Waals surface area contributed by atoms with Crippen LogP contribution in [0, 0.1) is 5.82 Å². The van der Waals surface area contributed by atoms with Crippen molar-refractivity contribution in [2.24, 2.45) is 5.73 Å². The molecule has 2 aromatic rings. The fraction of sp³-hybridized carbons (Fsp3) is 0.167. The van der Waals surface area contributed by atoms with Crippen LogP contribution in [-0.4, -0.2) is 29.1 Å². The highest BCUT2D eigenvalue weighted by atomic mass is 32.2. The van der Waals surface area contributed by atoms with Crippen LogP contribution < -0.4 is 10.6 Å². The van der Waals surface area contributed by atoms with E-state index in [1.54, 1.807) is 28.9 Å². The Hall–Kier alpha value is -2.46. The zero-order chi connectivity index (χ0) is 23.4. The SMILES string of the molecule is CC[N+]1=C(/C=C2/OC=CS2)S/C(=C2/Sc3cccc(F)c3N2C)C1=O.NCc1ccccc1. The van der Waals surface area contributed by atoms with Gasteiger partial charge < -0.3 is 15.4 Å². The summed E-state index contributed by atoms with van der Waals surface area (Å²) in [5, 5.41) is 4.18. The molecule has 0 aliphatic carbocycles. The van der Waals surface area contributed by atoms with Crippen LogP contribution in [0.3, 0.4) is 0 Å². The Morgan fingerprint density at radius 3 is 2.55 bits per heavy atom. The van der Waals surface area contributed by atoms with Crippen molar-refractivity contribution in [3.05, 3.63) is 92.7 Å². The van der Waals surface area contributed by atoms with Crippen molar-refractivity contribution in [3.63, 3.8) is 0 Å². The molecule has 0 unspecified atom stereocenters. The predicted octanol–water partition coefficient (Wildman–Crippen LogP) is 5.46. The molecule has 1 amide bonds. The van der Waals surface area contributed by atoms with Crippen LogP contribution in [-0.2, 0) is 16.1 Å². The molecule has 0 saturated heterocycles. The third-order valence-electron chi connectivity index (χ3n) is 4.96. The first-order valence-electron chi connectivity index (χ1n) is 10.3. The number of rotatable bonds is 3. The van der Waals surface area contributed by atoms with E-state index in [1.165, 1.54) is 46.9 Å². The first-order chi connectivity index (χ1) is 16.0. The molecular weight excluding hydrogens is 477 g/mol. The van der Waals surface area contributed by atoms with Gasteiger partial charge >= 0.3 is 5.91 Å². The van der Waals surface area contributed by atoms with Crippen molar-refractivity contribution in [1.82, 2.24) is 0 Å². The highest BCUT2D eigenvalue weighted by Gasteiger charge is 2.42. The van der Waals surface area contributed by atoms with Gasteiger partial charge in [0.25, 0.3) is 5.04 Å². The number of thioether (sulfide) groups is 3.